The Bertz CT molecular complexity index is 1080. The summed E-state index contributed by atoms with van der Waals surface area (Å²) in [6, 6.07) is 10.9. The number of pyridine rings is 1. The van der Waals surface area contributed by atoms with Gasteiger partial charge in [-0.05, 0) is 73.6 Å². The van der Waals surface area contributed by atoms with Crippen molar-refractivity contribution >= 4 is 39.6 Å². The van der Waals surface area contributed by atoms with Gasteiger partial charge >= 0.3 is 0 Å². The van der Waals surface area contributed by atoms with E-state index in [1.807, 2.05) is 12.1 Å². The van der Waals surface area contributed by atoms with Gasteiger partial charge in [0, 0.05) is 27.4 Å². The van der Waals surface area contributed by atoms with Crippen LogP contribution in [0.3, 0.4) is 0 Å². The minimum atomic E-state index is -0.0378. The first kappa shape index (κ1) is 21.1. The summed E-state index contributed by atoms with van der Waals surface area (Å²) in [4.78, 5) is 19.3. The zero-order valence-electron chi connectivity index (χ0n) is 17.7. The molecular formula is C24H29N3OS2. The van der Waals surface area contributed by atoms with Crippen molar-refractivity contribution in [2.24, 2.45) is 0 Å². The minimum Gasteiger partial charge on any atom is -0.360 e. The lowest BCUT2D eigenvalue weighted by atomic mass is 9.96. The number of thiocarbonyl (C=S) groups is 1. The lowest BCUT2D eigenvalue weighted by molar-refractivity contribution is 0.364. The fourth-order valence-corrected chi connectivity index (χ4v) is 5.36. The number of thiophene rings is 1. The van der Waals surface area contributed by atoms with Crippen LogP contribution >= 0.6 is 23.6 Å². The first-order valence-electron chi connectivity index (χ1n) is 10.7. The number of hydrogen-bond acceptors (Lipinski definition) is 3. The van der Waals surface area contributed by atoms with E-state index in [1.54, 1.807) is 11.3 Å². The first-order valence-corrected chi connectivity index (χ1v) is 12.0. The summed E-state index contributed by atoms with van der Waals surface area (Å²) < 4.78 is 0. The maximum atomic E-state index is 12.9. The number of rotatable bonds is 5. The second-order valence-corrected chi connectivity index (χ2v) is 9.81. The largest absolute Gasteiger partial charge is 0.360 e. The number of nitrogens with one attached hydrogen (secondary N) is 2. The Morgan fingerprint density at radius 2 is 2.00 bits per heavy atom. The fourth-order valence-electron chi connectivity index (χ4n) is 4.34. The zero-order valence-corrected chi connectivity index (χ0v) is 19.3. The van der Waals surface area contributed by atoms with Crippen molar-refractivity contribution in [3.05, 3.63) is 67.6 Å². The van der Waals surface area contributed by atoms with E-state index < -0.39 is 0 Å². The smallest absolute Gasteiger partial charge is 0.253 e. The molecule has 1 aromatic carbocycles. The minimum absolute atomic E-state index is 0.0378. The molecule has 0 radical (unpaired) electrons. The average Bonchev–Trinajstić information content (AvgIpc) is 3.22. The lowest BCUT2D eigenvalue weighted by Gasteiger charge is -2.30. The Morgan fingerprint density at radius 1 is 1.20 bits per heavy atom. The molecule has 0 bridgehead atoms. The Hall–Kier alpha value is -2.18. The van der Waals surface area contributed by atoms with Gasteiger partial charge in [-0.2, -0.15) is 0 Å². The van der Waals surface area contributed by atoms with Gasteiger partial charge in [0.15, 0.2) is 5.11 Å². The van der Waals surface area contributed by atoms with Crippen LogP contribution in [0.15, 0.2) is 40.5 Å². The molecule has 0 saturated heterocycles. The third-order valence-electron chi connectivity index (χ3n) is 5.90. The highest BCUT2D eigenvalue weighted by Crippen LogP contribution is 2.21. The quantitative estimate of drug-likeness (QED) is 0.522. The molecule has 158 valence electrons. The van der Waals surface area contributed by atoms with E-state index in [1.165, 1.54) is 42.5 Å². The molecule has 0 amide bonds. The van der Waals surface area contributed by atoms with E-state index in [2.05, 4.69) is 52.6 Å². The first-order chi connectivity index (χ1) is 14.5. The second-order valence-electron chi connectivity index (χ2n) is 8.39. The van der Waals surface area contributed by atoms with Crippen molar-refractivity contribution in [3.63, 3.8) is 0 Å². The number of H-pyrrole nitrogens is 1. The van der Waals surface area contributed by atoms with Crippen molar-refractivity contribution < 1.29 is 0 Å². The number of benzene rings is 1. The molecule has 0 atom stereocenters. The van der Waals surface area contributed by atoms with Crippen LogP contribution in [0.1, 0.15) is 53.7 Å². The van der Waals surface area contributed by atoms with Crippen LogP contribution in [0.5, 0.6) is 0 Å². The molecule has 1 saturated carbocycles. The summed E-state index contributed by atoms with van der Waals surface area (Å²) in [6.45, 7) is 5.35. The predicted octanol–water partition coefficient (Wildman–Crippen LogP) is 5.42. The Balaban J connectivity index is 1.61. The van der Waals surface area contributed by atoms with Crippen LogP contribution in [-0.2, 0) is 13.1 Å². The SMILES string of the molecule is Cc1cc(C)c2cc(CN(Cc3cccs3)C(=S)NC3CCCCC3)c(=O)[nH]c2c1. The third kappa shape index (κ3) is 4.93. The van der Waals surface area contributed by atoms with E-state index in [0.29, 0.717) is 19.1 Å². The van der Waals surface area contributed by atoms with Crippen LogP contribution in [0.2, 0.25) is 0 Å². The van der Waals surface area contributed by atoms with E-state index in [-0.39, 0.29) is 5.56 Å². The Morgan fingerprint density at radius 3 is 2.73 bits per heavy atom. The Labute approximate surface area is 187 Å². The molecule has 1 aliphatic carbocycles. The molecule has 0 aliphatic heterocycles. The van der Waals surface area contributed by atoms with Crippen molar-refractivity contribution in [1.82, 2.24) is 15.2 Å². The summed E-state index contributed by atoms with van der Waals surface area (Å²) in [5.74, 6) is 0. The fraction of sp³-hybridized carbons (Fsp3) is 0.417. The Kier molecular flexibility index (Phi) is 6.54. The highest BCUT2D eigenvalue weighted by Gasteiger charge is 2.19. The number of nitrogens with zero attached hydrogens (tertiary/aromatic N) is 1. The molecule has 1 fully saturated rings. The van der Waals surface area contributed by atoms with E-state index in [4.69, 9.17) is 12.2 Å². The average molecular weight is 440 g/mol. The summed E-state index contributed by atoms with van der Waals surface area (Å²) >= 11 is 7.54. The van der Waals surface area contributed by atoms with Crippen molar-refractivity contribution in [1.29, 1.82) is 0 Å². The highest BCUT2D eigenvalue weighted by atomic mass is 32.1. The van der Waals surface area contributed by atoms with Gasteiger partial charge in [0.1, 0.15) is 0 Å². The van der Waals surface area contributed by atoms with E-state index in [0.717, 1.165) is 27.1 Å². The van der Waals surface area contributed by atoms with Crippen LogP contribution in [0.25, 0.3) is 10.9 Å². The summed E-state index contributed by atoms with van der Waals surface area (Å²) in [5, 5.41) is 7.50. The van der Waals surface area contributed by atoms with Gasteiger partial charge in [0.05, 0.1) is 13.1 Å². The summed E-state index contributed by atoms with van der Waals surface area (Å²) in [7, 11) is 0. The van der Waals surface area contributed by atoms with E-state index in [9.17, 15) is 4.79 Å². The van der Waals surface area contributed by atoms with Gasteiger partial charge in [-0.15, -0.1) is 11.3 Å². The predicted molar refractivity (Wildman–Crippen MR) is 130 cm³/mol. The highest BCUT2D eigenvalue weighted by molar-refractivity contribution is 7.80. The van der Waals surface area contributed by atoms with Gasteiger partial charge in [0.25, 0.3) is 5.56 Å². The molecule has 4 nitrogen and oxygen atoms in total. The van der Waals surface area contributed by atoms with Crippen molar-refractivity contribution in [3.8, 4) is 0 Å². The van der Waals surface area contributed by atoms with E-state index >= 15 is 0 Å². The standard InChI is InChI=1S/C24H29N3OS2/c1-16-11-17(2)21-13-18(23(28)26-22(21)12-16)14-27(15-20-9-6-10-30-20)24(29)25-19-7-4-3-5-8-19/h6,9-13,19H,3-5,7-8,14-15H2,1-2H3,(H,25,29)(H,26,28). The third-order valence-corrected chi connectivity index (χ3v) is 7.13. The van der Waals surface area contributed by atoms with Crippen LogP contribution < -0.4 is 10.9 Å². The molecule has 2 aromatic heterocycles. The maximum Gasteiger partial charge on any atom is 0.253 e. The topological polar surface area (TPSA) is 48.1 Å². The van der Waals surface area contributed by atoms with Crippen LogP contribution in [0, 0.1) is 13.8 Å². The van der Waals surface area contributed by atoms with Gasteiger partial charge in [-0.3, -0.25) is 4.79 Å². The molecule has 2 N–H and O–H groups in total. The normalized spacial score (nSPS) is 14.7. The molecule has 0 spiro atoms. The number of aryl methyl sites for hydroxylation is 2. The zero-order chi connectivity index (χ0) is 21.1. The van der Waals surface area contributed by atoms with Gasteiger partial charge in [-0.25, -0.2) is 0 Å². The van der Waals surface area contributed by atoms with Crippen molar-refractivity contribution in [2.75, 3.05) is 0 Å². The summed E-state index contributed by atoms with van der Waals surface area (Å²) in [6.07, 6.45) is 6.17. The number of aromatic amines is 1. The summed E-state index contributed by atoms with van der Waals surface area (Å²) in [5.41, 5.74) is 3.94. The van der Waals surface area contributed by atoms with Crippen LogP contribution in [-0.4, -0.2) is 21.0 Å². The molecule has 2 heterocycles. The van der Waals surface area contributed by atoms with Gasteiger partial charge < -0.3 is 15.2 Å². The van der Waals surface area contributed by atoms with Crippen LogP contribution in [0.4, 0.5) is 0 Å². The number of fused-ring (bicyclic) bond motifs is 1. The number of hydrogen-bond donors (Lipinski definition) is 2. The molecular weight excluding hydrogens is 410 g/mol. The molecule has 4 rings (SSSR count). The molecule has 6 heteroatoms. The lowest BCUT2D eigenvalue weighted by Crippen LogP contribution is -2.45. The second kappa shape index (κ2) is 9.31. The van der Waals surface area contributed by atoms with Gasteiger partial charge in [-0.1, -0.05) is 31.4 Å². The molecule has 3 aromatic rings. The molecule has 30 heavy (non-hydrogen) atoms. The van der Waals surface area contributed by atoms with Gasteiger partial charge in [0.2, 0.25) is 0 Å². The molecule has 0 unspecified atom stereocenters. The molecule has 1 aliphatic rings. The monoisotopic (exact) mass is 439 g/mol. The number of aromatic nitrogens is 1. The van der Waals surface area contributed by atoms with Crippen molar-refractivity contribution in [2.45, 2.75) is 65.1 Å². The maximum absolute atomic E-state index is 12.9.